The third-order valence-corrected chi connectivity index (χ3v) is 2.15. The fraction of sp³-hybridized carbons (Fsp3) is 0.417. The molecule has 0 saturated heterocycles. The summed E-state index contributed by atoms with van der Waals surface area (Å²) in [5.41, 5.74) is 1.14. The van der Waals surface area contributed by atoms with Crippen LogP contribution in [0.2, 0.25) is 0 Å². The molecule has 5 heteroatoms. The minimum Gasteiger partial charge on any atom is -0.385 e. The van der Waals surface area contributed by atoms with Gasteiger partial charge in [-0.05, 0) is 18.6 Å². The number of carbonyl (C=O) groups is 1. The van der Waals surface area contributed by atoms with E-state index < -0.39 is 0 Å². The first kappa shape index (κ1) is 13.1. The number of hydrogen-bond donors (Lipinski definition) is 1. The maximum atomic E-state index is 11.7. The van der Waals surface area contributed by atoms with Gasteiger partial charge in [-0.2, -0.15) is 5.26 Å². The number of nitrogens with one attached hydrogen (secondary N) is 1. The van der Waals surface area contributed by atoms with E-state index >= 15 is 0 Å². The summed E-state index contributed by atoms with van der Waals surface area (Å²) in [6.07, 6.45) is 2.53. The summed E-state index contributed by atoms with van der Waals surface area (Å²) in [6, 6.07) is 5.26. The van der Waals surface area contributed by atoms with Gasteiger partial charge in [-0.15, -0.1) is 0 Å². The Morgan fingerprint density at radius 3 is 3.18 bits per heavy atom. The minimum atomic E-state index is -0.150. The third kappa shape index (κ3) is 4.62. The number of hydrogen-bond acceptors (Lipinski definition) is 4. The standard InChI is InChI=1S/C12H15N3O2/c1-17-8-2-6-15-12(16)10-4-7-14-11(9-10)3-5-13/h4,7,9H,2-3,6,8H2,1H3,(H,15,16). The zero-order chi connectivity index (χ0) is 12.5. The van der Waals surface area contributed by atoms with Gasteiger partial charge in [-0.1, -0.05) is 0 Å². The van der Waals surface area contributed by atoms with Gasteiger partial charge in [0.15, 0.2) is 0 Å². The topological polar surface area (TPSA) is 75.0 Å². The Hall–Kier alpha value is -1.93. The molecule has 5 nitrogen and oxygen atoms in total. The first-order valence-corrected chi connectivity index (χ1v) is 5.37. The van der Waals surface area contributed by atoms with E-state index in [2.05, 4.69) is 10.3 Å². The molecule has 0 unspecified atom stereocenters. The molecule has 1 amide bonds. The number of carbonyl (C=O) groups excluding carboxylic acids is 1. The average Bonchev–Trinajstić information content (AvgIpc) is 2.35. The van der Waals surface area contributed by atoms with Gasteiger partial charge in [-0.3, -0.25) is 9.78 Å². The van der Waals surface area contributed by atoms with Crippen LogP contribution in [0, 0.1) is 11.3 Å². The lowest BCUT2D eigenvalue weighted by atomic mass is 10.2. The summed E-state index contributed by atoms with van der Waals surface area (Å²) in [7, 11) is 1.62. The van der Waals surface area contributed by atoms with Gasteiger partial charge in [-0.25, -0.2) is 0 Å². The average molecular weight is 233 g/mol. The molecule has 0 aliphatic rings. The number of methoxy groups -OCH3 is 1. The molecule has 0 spiro atoms. The van der Waals surface area contributed by atoms with E-state index in [-0.39, 0.29) is 12.3 Å². The molecule has 1 N–H and O–H groups in total. The maximum absolute atomic E-state index is 11.7. The summed E-state index contributed by atoms with van der Waals surface area (Å²) in [5.74, 6) is -0.150. The second-order valence-corrected chi connectivity index (χ2v) is 3.47. The number of aromatic nitrogens is 1. The number of ether oxygens (including phenoxy) is 1. The van der Waals surface area contributed by atoms with Crippen molar-refractivity contribution >= 4 is 5.91 Å². The molecular formula is C12H15N3O2. The smallest absolute Gasteiger partial charge is 0.251 e. The van der Waals surface area contributed by atoms with E-state index in [0.717, 1.165) is 6.42 Å². The molecule has 1 aromatic heterocycles. The molecule has 0 atom stereocenters. The number of amides is 1. The first-order valence-electron chi connectivity index (χ1n) is 5.37. The summed E-state index contributed by atoms with van der Waals surface area (Å²) in [4.78, 5) is 15.7. The van der Waals surface area contributed by atoms with E-state index in [1.54, 1.807) is 19.2 Å². The molecule has 0 aromatic carbocycles. The van der Waals surface area contributed by atoms with Crippen molar-refractivity contribution in [2.75, 3.05) is 20.3 Å². The monoisotopic (exact) mass is 233 g/mol. The molecule has 17 heavy (non-hydrogen) atoms. The van der Waals surface area contributed by atoms with Crippen LogP contribution in [0.4, 0.5) is 0 Å². The summed E-state index contributed by atoms with van der Waals surface area (Å²) < 4.78 is 4.88. The van der Waals surface area contributed by atoms with Crippen molar-refractivity contribution in [2.45, 2.75) is 12.8 Å². The number of nitrogens with zero attached hydrogens (tertiary/aromatic N) is 2. The Kier molecular flexibility index (Phi) is 5.69. The minimum absolute atomic E-state index is 0.150. The van der Waals surface area contributed by atoms with Crippen LogP contribution in [0.25, 0.3) is 0 Å². The zero-order valence-electron chi connectivity index (χ0n) is 9.77. The predicted octanol–water partition coefficient (Wildman–Crippen LogP) is 0.914. The van der Waals surface area contributed by atoms with Crippen LogP contribution in [0.15, 0.2) is 18.3 Å². The van der Waals surface area contributed by atoms with Crippen molar-refractivity contribution in [1.82, 2.24) is 10.3 Å². The highest BCUT2D eigenvalue weighted by molar-refractivity contribution is 5.94. The lowest BCUT2D eigenvalue weighted by Crippen LogP contribution is -2.25. The Labute approximate surface area is 100 Å². The van der Waals surface area contributed by atoms with Crippen molar-refractivity contribution in [3.8, 4) is 6.07 Å². The highest BCUT2D eigenvalue weighted by atomic mass is 16.5. The Morgan fingerprint density at radius 1 is 1.65 bits per heavy atom. The normalized spacial score (nSPS) is 9.65. The quantitative estimate of drug-likeness (QED) is 0.741. The molecule has 90 valence electrons. The van der Waals surface area contributed by atoms with Crippen LogP contribution < -0.4 is 5.32 Å². The molecule has 0 aliphatic carbocycles. The fourth-order valence-corrected chi connectivity index (χ4v) is 1.32. The molecule has 1 aromatic rings. The Balaban J connectivity index is 2.51. The van der Waals surface area contributed by atoms with Crippen LogP contribution in [-0.2, 0) is 11.2 Å². The van der Waals surface area contributed by atoms with Crippen LogP contribution in [0.3, 0.4) is 0 Å². The van der Waals surface area contributed by atoms with Gasteiger partial charge < -0.3 is 10.1 Å². The number of pyridine rings is 1. The van der Waals surface area contributed by atoms with E-state index in [4.69, 9.17) is 10.00 Å². The predicted molar refractivity (Wildman–Crippen MR) is 62.4 cm³/mol. The Morgan fingerprint density at radius 2 is 2.47 bits per heavy atom. The van der Waals surface area contributed by atoms with E-state index in [1.165, 1.54) is 6.20 Å². The van der Waals surface area contributed by atoms with Gasteiger partial charge in [0.25, 0.3) is 5.91 Å². The lowest BCUT2D eigenvalue weighted by molar-refractivity contribution is 0.0948. The summed E-state index contributed by atoms with van der Waals surface area (Å²) >= 11 is 0. The van der Waals surface area contributed by atoms with Crippen LogP contribution in [-0.4, -0.2) is 31.2 Å². The zero-order valence-corrected chi connectivity index (χ0v) is 9.77. The van der Waals surface area contributed by atoms with Crippen molar-refractivity contribution in [1.29, 1.82) is 5.26 Å². The SMILES string of the molecule is COCCCNC(=O)c1ccnc(CC#N)c1. The second-order valence-electron chi connectivity index (χ2n) is 3.47. The summed E-state index contributed by atoms with van der Waals surface area (Å²) in [5, 5.41) is 11.3. The molecule has 0 saturated carbocycles. The van der Waals surface area contributed by atoms with Crippen molar-refractivity contribution in [3.63, 3.8) is 0 Å². The second kappa shape index (κ2) is 7.36. The third-order valence-electron chi connectivity index (χ3n) is 2.15. The molecule has 1 heterocycles. The lowest BCUT2D eigenvalue weighted by Gasteiger charge is -2.05. The van der Waals surface area contributed by atoms with E-state index in [9.17, 15) is 4.79 Å². The number of rotatable bonds is 6. The van der Waals surface area contributed by atoms with Gasteiger partial charge in [0.05, 0.1) is 18.2 Å². The molecule has 1 rings (SSSR count). The molecule has 0 bridgehead atoms. The van der Waals surface area contributed by atoms with Gasteiger partial charge >= 0.3 is 0 Å². The van der Waals surface area contributed by atoms with Crippen molar-refractivity contribution < 1.29 is 9.53 Å². The van der Waals surface area contributed by atoms with Gasteiger partial charge in [0.1, 0.15) is 0 Å². The number of nitriles is 1. The van der Waals surface area contributed by atoms with Gasteiger partial charge in [0, 0.05) is 32.0 Å². The highest BCUT2D eigenvalue weighted by Crippen LogP contribution is 2.02. The molecule has 0 aliphatic heterocycles. The Bertz CT molecular complexity index is 412. The van der Waals surface area contributed by atoms with Crippen molar-refractivity contribution in [3.05, 3.63) is 29.6 Å². The summed E-state index contributed by atoms with van der Waals surface area (Å²) in [6.45, 7) is 1.19. The first-order chi connectivity index (χ1) is 8.27. The highest BCUT2D eigenvalue weighted by Gasteiger charge is 2.05. The van der Waals surface area contributed by atoms with Crippen LogP contribution >= 0.6 is 0 Å². The van der Waals surface area contributed by atoms with Crippen LogP contribution in [0.1, 0.15) is 22.5 Å². The van der Waals surface area contributed by atoms with E-state index in [1.807, 2.05) is 6.07 Å². The largest absolute Gasteiger partial charge is 0.385 e. The fourth-order valence-electron chi connectivity index (χ4n) is 1.32. The maximum Gasteiger partial charge on any atom is 0.251 e. The molecular weight excluding hydrogens is 218 g/mol. The van der Waals surface area contributed by atoms with Gasteiger partial charge in [0.2, 0.25) is 0 Å². The van der Waals surface area contributed by atoms with E-state index in [0.29, 0.717) is 24.4 Å². The molecule has 0 fully saturated rings. The molecule has 0 radical (unpaired) electrons. The van der Waals surface area contributed by atoms with Crippen LogP contribution in [0.5, 0.6) is 0 Å². The van der Waals surface area contributed by atoms with Crippen molar-refractivity contribution in [2.24, 2.45) is 0 Å².